The van der Waals surface area contributed by atoms with Crippen molar-refractivity contribution >= 4 is 17.3 Å². The summed E-state index contributed by atoms with van der Waals surface area (Å²) in [5.74, 6) is 0. The zero-order valence-corrected chi connectivity index (χ0v) is 11.6. The van der Waals surface area contributed by atoms with E-state index in [1.165, 1.54) is 12.3 Å². The second-order valence-corrected chi connectivity index (χ2v) is 5.13. The maximum absolute atomic E-state index is 12.9. The first kappa shape index (κ1) is 14.7. The molecule has 0 radical (unpaired) electrons. The van der Waals surface area contributed by atoms with Crippen LogP contribution in [0.25, 0.3) is 11.1 Å². The second-order valence-electron chi connectivity index (χ2n) is 4.72. The van der Waals surface area contributed by atoms with E-state index in [4.69, 9.17) is 17.3 Å². The first-order valence-corrected chi connectivity index (χ1v) is 6.28. The molecule has 20 heavy (non-hydrogen) atoms. The van der Waals surface area contributed by atoms with Gasteiger partial charge in [-0.05, 0) is 31.5 Å². The fourth-order valence-corrected chi connectivity index (χ4v) is 2.01. The van der Waals surface area contributed by atoms with Crippen LogP contribution in [0.3, 0.4) is 0 Å². The van der Waals surface area contributed by atoms with Gasteiger partial charge in [0.1, 0.15) is 0 Å². The molecule has 3 nitrogen and oxygen atoms in total. The van der Waals surface area contributed by atoms with Gasteiger partial charge in [-0.2, -0.15) is 18.3 Å². The van der Waals surface area contributed by atoms with E-state index < -0.39 is 17.4 Å². The van der Waals surface area contributed by atoms with Crippen LogP contribution in [0.4, 0.5) is 18.9 Å². The molecule has 0 aliphatic heterocycles. The van der Waals surface area contributed by atoms with E-state index in [1.807, 2.05) is 13.8 Å². The molecule has 2 N–H and O–H groups in total. The highest BCUT2D eigenvalue weighted by molar-refractivity contribution is 6.33. The second kappa shape index (κ2) is 5.01. The summed E-state index contributed by atoms with van der Waals surface area (Å²) in [6, 6.07) is 2.52. The van der Waals surface area contributed by atoms with E-state index in [0.29, 0.717) is 11.1 Å². The highest BCUT2D eigenvalue weighted by Gasteiger charge is 2.34. The number of nitrogen functional groups attached to an aromatic ring is 1. The lowest BCUT2D eigenvalue weighted by molar-refractivity contribution is -0.136. The van der Waals surface area contributed by atoms with E-state index in [9.17, 15) is 13.2 Å². The number of benzene rings is 1. The van der Waals surface area contributed by atoms with Gasteiger partial charge in [-0.25, -0.2) is 0 Å². The lowest BCUT2D eigenvalue weighted by Gasteiger charge is -2.13. The van der Waals surface area contributed by atoms with Crippen LogP contribution in [0.5, 0.6) is 0 Å². The minimum Gasteiger partial charge on any atom is -0.397 e. The van der Waals surface area contributed by atoms with E-state index in [-0.39, 0.29) is 11.1 Å². The van der Waals surface area contributed by atoms with Gasteiger partial charge in [0.2, 0.25) is 0 Å². The van der Waals surface area contributed by atoms with E-state index in [2.05, 4.69) is 5.10 Å². The quantitative estimate of drug-likeness (QED) is 0.836. The first-order valence-electron chi connectivity index (χ1n) is 5.91. The normalized spacial score (nSPS) is 12.2. The molecule has 0 atom stereocenters. The number of halogens is 4. The average Bonchev–Trinajstić information content (AvgIpc) is 2.80. The van der Waals surface area contributed by atoms with Crippen molar-refractivity contribution in [3.8, 4) is 11.1 Å². The van der Waals surface area contributed by atoms with Crippen molar-refractivity contribution in [1.82, 2.24) is 9.78 Å². The smallest absolute Gasteiger partial charge is 0.397 e. The summed E-state index contributed by atoms with van der Waals surface area (Å²) < 4.78 is 40.4. The molecule has 0 aliphatic carbocycles. The molecule has 0 fully saturated rings. The highest BCUT2D eigenvalue weighted by Crippen LogP contribution is 2.40. The molecule has 1 aromatic carbocycles. The number of rotatable bonds is 2. The third kappa shape index (κ3) is 2.75. The number of hydrogen-bond donors (Lipinski definition) is 1. The predicted molar refractivity (Wildman–Crippen MR) is 72.5 cm³/mol. The monoisotopic (exact) mass is 303 g/mol. The maximum atomic E-state index is 12.9. The molecular weight excluding hydrogens is 291 g/mol. The highest BCUT2D eigenvalue weighted by atomic mass is 35.5. The molecule has 0 spiro atoms. The van der Waals surface area contributed by atoms with Crippen LogP contribution in [0.1, 0.15) is 25.5 Å². The van der Waals surface area contributed by atoms with Gasteiger partial charge >= 0.3 is 6.18 Å². The number of alkyl halides is 3. The summed E-state index contributed by atoms with van der Waals surface area (Å²) in [7, 11) is 0. The minimum absolute atomic E-state index is 0.118. The van der Waals surface area contributed by atoms with Crippen molar-refractivity contribution in [2.75, 3.05) is 5.73 Å². The molecule has 7 heteroatoms. The SMILES string of the molecule is CC(C)n1cc(-c2cc(Cl)c(N)c(C(F)(F)F)c2)cn1. The van der Waals surface area contributed by atoms with Crippen molar-refractivity contribution in [3.63, 3.8) is 0 Å². The molecule has 0 bridgehead atoms. The van der Waals surface area contributed by atoms with E-state index in [0.717, 1.165) is 6.07 Å². The van der Waals surface area contributed by atoms with Gasteiger partial charge in [-0.1, -0.05) is 11.6 Å². The molecule has 0 unspecified atom stereocenters. The van der Waals surface area contributed by atoms with Crippen molar-refractivity contribution < 1.29 is 13.2 Å². The van der Waals surface area contributed by atoms with E-state index in [1.54, 1.807) is 10.9 Å². The summed E-state index contributed by atoms with van der Waals surface area (Å²) >= 11 is 5.79. The Morgan fingerprint density at radius 2 is 1.90 bits per heavy atom. The molecule has 2 rings (SSSR count). The third-order valence-electron chi connectivity index (χ3n) is 2.90. The lowest BCUT2D eigenvalue weighted by atomic mass is 10.0. The summed E-state index contributed by atoms with van der Waals surface area (Å²) in [4.78, 5) is 0. The largest absolute Gasteiger partial charge is 0.418 e. The van der Waals surface area contributed by atoms with Gasteiger partial charge in [0, 0.05) is 17.8 Å². The first-order chi connectivity index (χ1) is 9.20. The summed E-state index contributed by atoms with van der Waals surface area (Å²) in [6.07, 6.45) is -1.37. The predicted octanol–water partition coefficient (Wildman–Crippen LogP) is 4.39. The molecule has 1 aromatic heterocycles. The number of hydrogen-bond acceptors (Lipinski definition) is 2. The Hall–Kier alpha value is -1.69. The Bertz CT molecular complexity index is 632. The van der Waals surface area contributed by atoms with Crippen LogP contribution in [-0.2, 0) is 6.18 Å². The van der Waals surface area contributed by atoms with Crippen molar-refractivity contribution in [2.45, 2.75) is 26.1 Å². The Morgan fingerprint density at radius 1 is 1.25 bits per heavy atom. The van der Waals surface area contributed by atoms with Crippen LogP contribution in [0.2, 0.25) is 5.02 Å². The van der Waals surface area contributed by atoms with Crippen LogP contribution in [0, 0.1) is 0 Å². The van der Waals surface area contributed by atoms with Crippen LogP contribution < -0.4 is 5.73 Å². The van der Waals surface area contributed by atoms with Crippen molar-refractivity contribution in [3.05, 3.63) is 35.1 Å². The van der Waals surface area contributed by atoms with Gasteiger partial charge in [-0.15, -0.1) is 0 Å². The van der Waals surface area contributed by atoms with Crippen LogP contribution in [-0.4, -0.2) is 9.78 Å². The molecule has 0 saturated carbocycles. The molecule has 0 saturated heterocycles. The third-order valence-corrected chi connectivity index (χ3v) is 3.21. The molecule has 108 valence electrons. The Labute approximate surface area is 119 Å². The van der Waals surface area contributed by atoms with Crippen molar-refractivity contribution in [1.29, 1.82) is 0 Å². The summed E-state index contributed by atoms with van der Waals surface area (Å²) in [5, 5.41) is 3.98. The zero-order chi connectivity index (χ0) is 15.1. The number of aromatic nitrogens is 2. The molecule has 0 aliphatic rings. The van der Waals surface area contributed by atoms with E-state index >= 15 is 0 Å². The molecular formula is C13H13ClF3N3. The Balaban J connectivity index is 2.54. The minimum atomic E-state index is -4.54. The Kier molecular flexibility index (Phi) is 3.69. The fourth-order valence-electron chi connectivity index (χ4n) is 1.79. The zero-order valence-electron chi connectivity index (χ0n) is 10.9. The molecule has 1 heterocycles. The molecule has 2 aromatic rings. The number of nitrogens with two attached hydrogens (primary N) is 1. The Morgan fingerprint density at radius 3 is 2.40 bits per heavy atom. The van der Waals surface area contributed by atoms with Crippen LogP contribution in [0.15, 0.2) is 24.5 Å². The lowest BCUT2D eigenvalue weighted by Crippen LogP contribution is -2.09. The average molecular weight is 304 g/mol. The maximum Gasteiger partial charge on any atom is 0.418 e. The topological polar surface area (TPSA) is 43.8 Å². The number of nitrogens with zero attached hydrogens (tertiary/aromatic N) is 2. The summed E-state index contributed by atoms with van der Waals surface area (Å²) in [6.45, 7) is 3.85. The molecule has 0 amide bonds. The standard InChI is InChI=1S/C13H13ClF3N3/c1-7(2)20-6-9(5-19-20)8-3-10(13(15,16)17)12(18)11(14)4-8/h3-7H,18H2,1-2H3. The van der Waals surface area contributed by atoms with Gasteiger partial charge in [0.05, 0.1) is 22.5 Å². The van der Waals surface area contributed by atoms with Gasteiger partial charge in [-0.3, -0.25) is 4.68 Å². The van der Waals surface area contributed by atoms with Gasteiger partial charge < -0.3 is 5.73 Å². The van der Waals surface area contributed by atoms with Gasteiger partial charge in [0.25, 0.3) is 0 Å². The summed E-state index contributed by atoms with van der Waals surface area (Å²) in [5.41, 5.74) is 4.90. The van der Waals surface area contributed by atoms with Crippen molar-refractivity contribution in [2.24, 2.45) is 0 Å². The number of anilines is 1. The van der Waals surface area contributed by atoms with Crippen LogP contribution >= 0.6 is 11.6 Å². The van der Waals surface area contributed by atoms with Gasteiger partial charge in [0.15, 0.2) is 0 Å². The fraction of sp³-hybridized carbons (Fsp3) is 0.308.